The van der Waals surface area contributed by atoms with Gasteiger partial charge in [-0.1, -0.05) is 24.0 Å². The van der Waals surface area contributed by atoms with Crippen LogP contribution in [0.1, 0.15) is 51.9 Å². The number of nitrogens with zero attached hydrogens (tertiary/aromatic N) is 1. The lowest BCUT2D eigenvalue weighted by Crippen LogP contribution is -2.28. The van der Waals surface area contributed by atoms with Crippen molar-refractivity contribution in [3.05, 3.63) is 22.5 Å². The number of hydrogen-bond donors (Lipinski definition) is 1. The molecular weight excluding hydrogens is 388 g/mol. The minimum atomic E-state index is -0.972. The van der Waals surface area contributed by atoms with Crippen LogP contribution in [0.25, 0.3) is 0 Å². The van der Waals surface area contributed by atoms with Crippen LogP contribution in [-0.4, -0.2) is 64.0 Å². The van der Waals surface area contributed by atoms with Gasteiger partial charge < -0.3 is 19.4 Å². The lowest BCUT2D eigenvalue weighted by atomic mass is 10.1. The fourth-order valence-corrected chi connectivity index (χ4v) is 4.04. The Balaban J connectivity index is 1.94. The van der Waals surface area contributed by atoms with Crippen molar-refractivity contribution in [3.63, 3.8) is 0 Å². The van der Waals surface area contributed by atoms with E-state index in [-0.39, 0.29) is 11.4 Å². The maximum absolute atomic E-state index is 12.6. The molecule has 1 aliphatic heterocycles. The molecule has 1 aromatic rings. The number of H-pyrrole nitrogens is 1. The summed E-state index contributed by atoms with van der Waals surface area (Å²) in [6, 6.07) is 0. The van der Waals surface area contributed by atoms with Crippen molar-refractivity contribution in [2.75, 3.05) is 26.0 Å². The van der Waals surface area contributed by atoms with E-state index in [9.17, 15) is 14.4 Å². The highest BCUT2D eigenvalue weighted by Crippen LogP contribution is 2.21. The SMILES string of the molecule is COC(=O)c1c(C)[nH]c(C(=O)[C@@H](C)OC(=O)CSC(=S)N2CCCC2)c1C. The number of hydrogen-bond acceptors (Lipinski definition) is 7. The Labute approximate surface area is 168 Å². The van der Waals surface area contributed by atoms with Crippen molar-refractivity contribution in [1.82, 2.24) is 9.88 Å². The second-order valence-electron chi connectivity index (χ2n) is 6.36. The van der Waals surface area contributed by atoms with E-state index in [0.29, 0.717) is 21.1 Å². The van der Waals surface area contributed by atoms with Gasteiger partial charge in [-0.2, -0.15) is 0 Å². The summed E-state index contributed by atoms with van der Waals surface area (Å²) in [7, 11) is 1.28. The second kappa shape index (κ2) is 9.36. The minimum absolute atomic E-state index is 0.0586. The summed E-state index contributed by atoms with van der Waals surface area (Å²) in [6.45, 7) is 6.69. The first-order valence-corrected chi connectivity index (χ1v) is 10.1. The molecule has 1 atom stereocenters. The molecule has 0 saturated carbocycles. The van der Waals surface area contributed by atoms with Crippen LogP contribution in [0.3, 0.4) is 0 Å². The Morgan fingerprint density at radius 2 is 1.89 bits per heavy atom. The monoisotopic (exact) mass is 412 g/mol. The molecule has 1 saturated heterocycles. The predicted molar refractivity (Wildman–Crippen MR) is 107 cm³/mol. The van der Waals surface area contributed by atoms with Crippen LogP contribution in [0.4, 0.5) is 0 Å². The average molecular weight is 413 g/mol. The molecule has 2 rings (SSSR count). The topological polar surface area (TPSA) is 88.7 Å². The van der Waals surface area contributed by atoms with E-state index in [4.69, 9.17) is 21.7 Å². The largest absolute Gasteiger partial charge is 0.465 e. The third-order valence-electron chi connectivity index (χ3n) is 4.43. The van der Waals surface area contributed by atoms with Crippen LogP contribution in [0, 0.1) is 13.8 Å². The van der Waals surface area contributed by atoms with E-state index in [1.54, 1.807) is 13.8 Å². The number of methoxy groups -OCH3 is 1. The molecule has 0 aliphatic carbocycles. The van der Waals surface area contributed by atoms with Gasteiger partial charge in [0.15, 0.2) is 6.10 Å². The van der Waals surface area contributed by atoms with Crippen LogP contribution in [-0.2, 0) is 14.3 Å². The molecule has 9 heteroatoms. The smallest absolute Gasteiger partial charge is 0.339 e. The standard InChI is InChI=1S/C18H24N2O5S2/c1-10-14(17(23)24-4)11(2)19-15(10)16(22)12(3)25-13(21)9-27-18(26)20-7-5-6-8-20/h12,19H,5-9H2,1-4H3/t12-/m1/s1. The zero-order valence-corrected chi connectivity index (χ0v) is 17.6. The van der Waals surface area contributed by atoms with Crippen molar-refractivity contribution in [2.45, 2.75) is 39.7 Å². The Morgan fingerprint density at radius 1 is 1.26 bits per heavy atom. The summed E-state index contributed by atoms with van der Waals surface area (Å²) in [5, 5.41) is 0. The number of thioether (sulfide) groups is 1. The number of ether oxygens (including phenoxy) is 2. The molecule has 0 amide bonds. The molecule has 27 heavy (non-hydrogen) atoms. The highest BCUT2D eigenvalue weighted by Gasteiger charge is 2.27. The fourth-order valence-electron chi connectivity index (χ4n) is 3.00. The molecule has 2 heterocycles. The number of likely N-dealkylation sites (tertiary alicyclic amines) is 1. The molecular formula is C18H24N2O5S2. The normalized spacial score (nSPS) is 14.7. The number of rotatable bonds is 6. The van der Waals surface area contributed by atoms with Crippen LogP contribution >= 0.6 is 24.0 Å². The number of aromatic amines is 1. The maximum atomic E-state index is 12.6. The highest BCUT2D eigenvalue weighted by molar-refractivity contribution is 8.23. The molecule has 1 N–H and O–H groups in total. The second-order valence-corrected chi connectivity index (χ2v) is 7.97. The van der Waals surface area contributed by atoms with Crippen LogP contribution < -0.4 is 0 Å². The summed E-state index contributed by atoms with van der Waals surface area (Å²) < 4.78 is 10.7. The number of aryl methyl sites for hydroxylation is 1. The maximum Gasteiger partial charge on any atom is 0.339 e. The lowest BCUT2D eigenvalue weighted by molar-refractivity contribution is -0.143. The Kier molecular flexibility index (Phi) is 7.43. The van der Waals surface area contributed by atoms with E-state index in [0.717, 1.165) is 25.9 Å². The van der Waals surface area contributed by atoms with Crippen molar-refractivity contribution in [2.24, 2.45) is 0 Å². The molecule has 0 aromatic carbocycles. The van der Waals surface area contributed by atoms with E-state index < -0.39 is 23.8 Å². The van der Waals surface area contributed by atoms with Gasteiger partial charge in [-0.15, -0.1) is 0 Å². The molecule has 0 unspecified atom stereocenters. The summed E-state index contributed by atoms with van der Waals surface area (Å²) in [5.74, 6) is -1.36. The molecule has 7 nitrogen and oxygen atoms in total. The minimum Gasteiger partial charge on any atom is -0.465 e. The van der Waals surface area contributed by atoms with Crippen LogP contribution in [0.2, 0.25) is 0 Å². The summed E-state index contributed by atoms with van der Waals surface area (Å²) in [5.41, 5.74) is 1.59. The number of aromatic nitrogens is 1. The molecule has 1 aliphatic rings. The van der Waals surface area contributed by atoms with Crippen molar-refractivity contribution < 1.29 is 23.9 Å². The zero-order chi connectivity index (χ0) is 20.1. The predicted octanol–water partition coefficient (Wildman–Crippen LogP) is 2.65. The summed E-state index contributed by atoms with van der Waals surface area (Å²) in [6.07, 6.45) is 1.25. The highest BCUT2D eigenvalue weighted by atomic mass is 32.2. The van der Waals surface area contributed by atoms with Gasteiger partial charge in [-0.3, -0.25) is 9.59 Å². The van der Waals surface area contributed by atoms with Gasteiger partial charge in [0.2, 0.25) is 5.78 Å². The first kappa shape index (κ1) is 21.4. The fraction of sp³-hybridized carbons (Fsp3) is 0.556. The van der Waals surface area contributed by atoms with Gasteiger partial charge in [-0.05, 0) is 39.2 Å². The first-order chi connectivity index (χ1) is 12.8. The van der Waals surface area contributed by atoms with Gasteiger partial charge in [0, 0.05) is 18.8 Å². The van der Waals surface area contributed by atoms with Crippen LogP contribution in [0.15, 0.2) is 0 Å². The van der Waals surface area contributed by atoms with E-state index in [1.807, 2.05) is 0 Å². The van der Waals surface area contributed by atoms with E-state index in [2.05, 4.69) is 9.88 Å². The van der Waals surface area contributed by atoms with Crippen LogP contribution in [0.5, 0.6) is 0 Å². The number of esters is 2. The first-order valence-electron chi connectivity index (χ1n) is 8.69. The van der Waals surface area contributed by atoms with E-state index in [1.165, 1.54) is 25.8 Å². The number of Topliss-reactive ketones (excluding diaryl/α,β-unsaturated/α-hetero) is 1. The Morgan fingerprint density at radius 3 is 2.48 bits per heavy atom. The molecule has 0 radical (unpaired) electrons. The Hall–Kier alpha value is -1.87. The third kappa shape index (κ3) is 5.10. The molecule has 1 aromatic heterocycles. The van der Waals surface area contributed by atoms with E-state index >= 15 is 0 Å². The molecule has 148 valence electrons. The Bertz CT molecular complexity index is 753. The number of ketones is 1. The van der Waals surface area contributed by atoms with Crippen molar-refractivity contribution in [1.29, 1.82) is 0 Å². The molecule has 0 spiro atoms. The quantitative estimate of drug-likeness (QED) is 0.433. The zero-order valence-electron chi connectivity index (χ0n) is 15.9. The van der Waals surface area contributed by atoms with Crippen molar-refractivity contribution in [3.8, 4) is 0 Å². The molecule has 0 bridgehead atoms. The van der Waals surface area contributed by atoms with Gasteiger partial charge in [0.05, 0.1) is 24.1 Å². The van der Waals surface area contributed by atoms with Crippen molar-refractivity contribution >= 4 is 46.0 Å². The number of nitrogens with one attached hydrogen (secondary N) is 1. The lowest BCUT2D eigenvalue weighted by Gasteiger charge is -2.17. The van der Waals surface area contributed by atoms with Gasteiger partial charge in [-0.25, -0.2) is 4.79 Å². The third-order valence-corrected chi connectivity index (χ3v) is 5.93. The number of carbonyl (C=O) groups is 3. The van der Waals surface area contributed by atoms with Gasteiger partial charge >= 0.3 is 11.9 Å². The number of carbonyl (C=O) groups excluding carboxylic acids is 3. The summed E-state index contributed by atoms with van der Waals surface area (Å²) >= 11 is 6.56. The van der Waals surface area contributed by atoms with Gasteiger partial charge in [0.1, 0.15) is 4.32 Å². The summed E-state index contributed by atoms with van der Waals surface area (Å²) in [4.78, 5) is 41.5. The average Bonchev–Trinajstić information content (AvgIpc) is 3.26. The number of thiocarbonyl (C=S) groups is 1. The van der Waals surface area contributed by atoms with Gasteiger partial charge in [0.25, 0.3) is 0 Å². The molecule has 1 fully saturated rings.